The zero-order valence-electron chi connectivity index (χ0n) is 15.7. The van der Waals surface area contributed by atoms with Crippen molar-refractivity contribution in [3.05, 3.63) is 30.3 Å². The van der Waals surface area contributed by atoms with Crippen LogP contribution in [-0.2, 0) is 0 Å². The number of aliphatic imine (C=N–C) groups is 1. The molecule has 6 heteroatoms. The molecule has 1 aromatic carbocycles. The maximum atomic E-state index is 4.36. The summed E-state index contributed by atoms with van der Waals surface area (Å²) < 4.78 is 0. The summed E-state index contributed by atoms with van der Waals surface area (Å²) in [7, 11) is 1.85. The maximum Gasteiger partial charge on any atom is 0.191 e. The molecule has 1 fully saturated rings. The lowest BCUT2D eigenvalue weighted by molar-refractivity contribution is 0.183. The van der Waals surface area contributed by atoms with E-state index in [1.54, 1.807) is 0 Å². The van der Waals surface area contributed by atoms with Gasteiger partial charge >= 0.3 is 0 Å². The van der Waals surface area contributed by atoms with Crippen LogP contribution >= 0.6 is 35.7 Å². The molecule has 2 N–H and O–H groups in total. The van der Waals surface area contributed by atoms with Gasteiger partial charge < -0.3 is 15.5 Å². The molecule has 1 heterocycles. The quantitative estimate of drug-likeness (QED) is 0.273. The van der Waals surface area contributed by atoms with E-state index in [0.717, 1.165) is 31.5 Å². The Morgan fingerprint density at radius 1 is 1.32 bits per heavy atom. The Labute approximate surface area is 174 Å². The first-order valence-electron chi connectivity index (χ1n) is 9.09. The fourth-order valence-corrected chi connectivity index (χ4v) is 4.03. The van der Waals surface area contributed by atoms with E-state index in [0.29, 0.717) is 5.25 Å². The standard InChI is InChI=1S/C19H32N4S.HI/c1-4-23-12-8-9-17(15-23)14-22-19(20-3)21-13-16(2)24-18-10-6-5-7-11-18;/h5-7,10-11,16-17H,4,8-9,12-15H2,1-3H3,(H2,20,21,22);1H. The number of halogens is 1. The first-order chi connectivity index (χ1) is 11.7. The van der Waals surface area contributed by atoms with E-state index < -0.39 is 0 Å². The lowest BCUT2D eigenvalue weighted by atomic mass is 9.98. The van der Waals surface area contributed by atoms with E-state index in [4.69, 9.17) is 0 Å². The van der Waals surface area contributed by atoms with Crippen LogP contribution in [0, 0.1) is 5.92 Å². The van der Waals surface area contributed by atoms with Gasteiger partial charge in [-0.2, -0.15) is 0 Å². The van der Waals surface area contributed by atoms with E-state index >= 15 is 0 Å². The van der Waals surface area contributed by atoms with Crippen LogP contribution in [0.3, 0.4) is 0 Å². The summed E-state index contributed by atoms with van der Waals surface area (Å²) in [4.78, 5) is 8.22. The zero-order valence-corrected chi connectivity index (χ0v) is 18.8. The number of benzene rings is 1. The number of nitrogens with zero attached hydrogens (tertiary/aromatic N) is 2. The molecule has 0 aromatic heterocycles. The number of likely N-dealkylation sites (tertiary alicyclic amines) is 1. The normalized spacial score (nSPS) is 19.8. The van der Waals surface area contributed by atoms with Crippen molar-refractivity contribution < 1.29 is 0 Å². The van der Waals surface area contributed by atoms with E-state index in [-0.39, 0.29) is 24.0 Å². The predicted octanol–water partition coefficient (Wildman–Crippen LogP) is 3.68. The number of piperidine rings is 1. The second kappa shape index (κ2) is 12.8. The van der Waals surface area contributed by atoms with Crippen LogP contribution in [0.1, 0.15) is 26.7 Å². The summed E-state index contributed by atoms with van der Waals surface area (Å²) in [6, 6.07) is 10.6. The van der Waals surface area contributed by atoms with E-state index in [1.807, 2.05) is 18.8 Å². The van der Waals surface area contributed by atoms with Crippen LogP contribution in [0.5, 0.6) is 0 Å². The van der Waals surface area contributed by atoms with Gasteiger partial charge in [0.2, 0.25) is 0 Å². The van der Waals surface area contributed by atoms with Crippen molar-refractivity contribution in [2.45, 2.75) is 36.8 Å². The van der Waals surface area contributed by atoms with Gasteiger partial charge in [-0.25, -0.2) is 0 Å². The molecular weight excluding hydrogens is 443 g/mol. The SMILES string of the molecule is CCN1CCCC(CNC(=NC)NCC(C)Sc2ccccc2)C1.I. The molecular formula is C19H33IN4S. The molecule has 25 heavy (non-hydrogen) atoms. The van der Waals surface area contributed by atoms with Crippen LogP contribution in [0.25, 0.3) is 0 Å². The summed E-state index contributed by atoms with van der Waals surface area (Å²) >= 11 is 1.89. The minimum Gasteiger partial charge on any atom is -0.356 e. The second-order valence-electron chi connectivity index (χ2n) is 6.48. The van der Waals surface area contributed by atoms with Crippen LogP contribution in [0.2, 0.25) is 0 Å². The van der Waals surface area contributed by atoms with Gasteiger partial charge in [0.1, 0.15) is 0 Å². The molecule has 2 unspecified atom stereocenters. The number of hydrogen-bond acceptors (Lipinski definition) is 3. The molecule has 0 saturated carbocycles. The number of rotatable bonds is 7. The van der Waals surface area contributed by atoms with Crippen molar-refractivity contribution in [2.75, 3.05) is 39.8 Å². The van der Waals surface area contributed by atoms with Crippen LogP contribution < -0.4 is 10.6 Å². The summed E-state index contributed by atoms with van der Waals surface area (Å²) in [5.41, 5.74) is 0. The number of hydrogen-bond donors (Lipinski definition) is 2. The average molecular weight is 476 g/mol. The van der Waals surface area contributed by atoms with E-state index in [9.17, 15) is 0 Å². The fourth-order valence-electron chi connectivity index (χ4n) is 3.08. The second-order valence-corrected chi connectivity index (χ2v) is 7.99. The number of guanidine groups is 1. The van der Waals surface area contributed by atoms with Gasteiger partial charge in [0, 0.05) is 36.8 Å². The highest BCUT2D eigenvalue weighted by atomic mass is 127. The van der Waals surface area contributed by atoms with E-state index in [2.05, 4.69) is 64.7 Å². The Morgan fingerprint density at radius 2 is 2.08 bits per heavy atom. The minimum absolute atomic E-state index is 0. The molecule has 0 spiro atoms. The first kappa shape index (κ1) is 22.6. The van der Waals surface area contributed by atoms with Crippen molar-refractivity contribution in [1.29, 1.82) is 0 Å². The zero-order chi connectivity index (χ0) is 17.2. The van der Waals surface area contributed by atoms with Crippen molar-refractivity contribution >= 4 is 41.7 Å². The van der Waals surface area contributed by atoms with Gasteiger partial charge in [0.25, 0.3) is 0 Å². The Balaban J connectivity index is 0.00000312. The number of nitrogens with one attached hydrogen (secondary N) is 2. The van der Waals surface area contributed by atoms with Crippen molar-refractivity contribution in [3.8, 4) is 0 Å². The molecule has 2 rings (SSSR count). The molecule has 1 saturated heterocycles. The Bertz CT molecular complexity index is 497. The molecule has 1 aliphatic rings. The first-order valence-corrected chi connectivity index (χ1v) is 9.97. The summed E-state index contributed by atoms with van der Waals surface area (Å²) in [6.45, 7) is 10.0. The molecule has 2 atom stereocenters. The smallest absolute Gasteiger partial charge is 0.191 e. The topological polar surface area (TPSA) is 39.7 Å². The third-order valence-electron chi connectivity index (χ3n) is 4.47. The molecule has 4 nitrogen and oxygen atoms in total. The molecule has 1 aliphatic heterocycles. The Morgan fingerprint density at radius 3 is 2.76 bits per heavy atom. The minimum atomic E-state index is 0. The number of thioether (sulfide) groups is 1. The lowest BCUT2D eigenvalue weighted by Crippen LogP contribution is -2.45. The molecule has 0 bridgehead atoms. The Hall–Kier alpha value is -0.470. The van der Waals surface area contributed by atoms with Gasteiger partial charge in [-0.1, -0.05) is 32.0 Å². The van der Waals surface area contributed by atoms with Gasteiger partial charge in [-0.15, -0.1) is 35.7 Å². The van der Waals surface area contributed by atoms with E-state index in [1.165, 1.54) is 30.8 Å². The monoisotopic (exact) mass is 476 g/mol. The van der Waals surface area contributed by atoms with Gasteiger partial charge in [-0.05, 0) is 44.0 Å². The van der Waals surface area contributed by atoms with Gasteiger partial charge in [0.05, 0.1) is 0 Å². The molecule has 0 radical (unpaired) electrons. The fraction of sp³-hybridized carbons (Fsp3) is 0.632. The van der Waals surface area contributed by atoms with Gasteiger partial charge in [0.15, 0.2) is 5.96 Å². The largest absolute Gasteiger partial charge is 0.356 e. The third kappa shape index (κ3) is 8.64. The van der Waals surface area contributed by atoms with Crippen molar-refractivity contribution in [1.82, 2.24) is 15.5 Å². The summed E-state index contributed by atoms with van der Waals surface area (Å²) in [6.07, 6.45) is 2.64. The highest BCUT2D eigenvalue weighted by Gasteiger charge is 2.18. The Kier molecular flexibility index (Phi) is 11.6. The van der Waals surface area contributed by atoms with Crippen LogP contribution in [-0.4, -0.2) is 55.9 Å². The predicted molar refractivity (Wildman–Crippen MR) is 121 cm³/mol. The molecule has 0 aliphatic carbocycles. The molecule has 0 amide bonds. The average Bonchev–Trinajstić information content (AvgIpc) is 2.63. The molecule has 142 valence electrons. The van der Waals surface area contributed by atoms with Crippen LogP contribution in [0.15, 0.2) is 40.2 Å². The van der Waals surface area contributed by atoms with Crippen molar-refractivity contribution in [2.24, 2.45) is 10.9 Å². The lowest BCUT2D eigenvalue weighted by Gasteiger charge is -2.32. The highest BCUT2D eigenvalue weighted by molar-refractivity contribution is 14.0. The molecule has 1 aromatic rings. The highest BCUT2D eigenvalue weighted by Crippen LogP contribution is 2.21. The third-order valence-corrected chi connectivity index (χ3v) is 5.58. The summed E-state index contributed by atoms with van der Waals surface area (Å²) in [5.74, 6) is 1.65. The van der Waals surface area contributed by atoms with Crippen LogP contribution in [0.4, 0.5) is 0 Å². The van der Waals surface area contributed by atoms with Crippen molar-refractivity contribution in [3.63, 3.8) is 0 Å². The summed E-state index contributed by atoms with van der Waals surface area (Å²) in [5, 5.41) is 7.46. The van der Waals surface area contributed by atoms with Gasteiger partial charge in [-0.3, -0.25) is 4.99 Å². The maximum absolute atomic E-state index is 4.36.